The van der Waals surface area contributed by atoms with E-state index in [4.69, 9.17) is 11.5 Å². The van der Waals surface area contributed by atoms with E-state index < -0.39 is 35.9 Å². The van der Waals surface area contributed by atoms with Crippen molar-refractivity contribution >= 4 is 28.7 Å². The lowest BCUT2D eigenvalue weighted by atomic mass is 10.0. The molecule has 1 saturated heterocycles. The third-order valence-corrected chi connectivity index (χ3v) is 5.84. The van der Waals surface area contributed by atoms with Gasteiger partial charge in [0.1, 0.15) is 12.1 Å². The van der Waals surface area contributed by atoms with Crippen LogP contribution in [0.25, 0.3) is 10.9 Å². The summed E-state index contributed by atoms with van der Waals surface area (Å²) in [5.41, 5.74) is 13.3. The Hall–Kier alpha value is -2.91. The molecule has 1 aromatic heterocycles. The number of unbranched alkanes of at least 4 members (excludes halogenated alkanes) is 1. The number of amides is 2. The van der Waals surface area contributed by atoms with Crippen molar-refractivity contribution in [2.24, 2.45) is 11.5 Å². The number of likely N-dealkylation sites (tertiary alicyclic amines) is 1. The lowest BCUT2D eigenvalue weighted by Gasteiger charge is -2.28. The summed E-state index contributed by atoms with van der Waals surface area (Å²) in [7, 11) is 0. The van der Waals surface area contributed by atoms with Gasteiger partial charge in [-0.3, -0.25) is 9.59 Å². The highest BCUT2D eigenvalue weighted by Gasteiger charge is 2.38. The van der Waals surface area contributed by atoms with Crippen LogP contribution in [0, 0.1) is 0 Å². The number of nitrogens with one attached hydrogen (secondary N) is 2. The number of carboxylic acids is 1. The molecule has 0 bridgehead atoms. The molecule has 9 nitrogen and oxygen atoms in total. The minimum atomic E-state index is -1.03. The molecular formula is C22H31N5O4. The number of aromatic nitrogens is 1. The first kappa shape index (κ1) is 22.8. The van der Waals surface area contributed by atoms with E-state index in [0.717, 1.165) is 29.3 Å². The van der Waals surface area contributed by atoms with Crippen molar-refractivity contribution in [3.63, 3.8) is 0 Å². The van der Waals surface area contributed by atoms with Gasteiger partial charge in [0.2, 0.25) is 11.8 Å². The van der Waals surface area contributed by atoms with Gasteiger partial charge in [-0.2, -0.15) is 0 Å². The van der Waals surface area contributed by atoms with Crippen LogP contribution in [0.15, 0.2) is 30.5 Å². The number of carbonyl (C=O) groups is 3. The van der Waals surface area contributed by atoms with Gasteiger partial charge >= 0.3 is 5.97 Å². The smallest absolute Gasteiger partial charge is 0.326 e. The normalized spacial score (nSPS) is 18.1. The largest absolute Gasteiger partial charge is 0.480 e. The molecule has 0 aliphatic carbocycles. The molecule has 2 amide bonds. The van der Waals surface area contributed by atoms with Gasteiger partial charge in [0, 0.05) is 30.1 Å². The molecule has 1 fully saturated rings. The number of benzene rings is 1. The summed E-state index contributed by atoms with van der Waals surface area (Å²) in [4.78, 5) is 42.2. The number of aliphatic carboxylic acids is 1. The zero-order chi connectivity index (χ0) is 22.4. The van der Waals surface area contributed by atoms with Crippen molar-refractivity contribution in [2.75, 3.05) is 13.1 Å². The van der Waals surface area contributed by atoms with E-state index in [2.05, 4.69) is 10.3 Å². The minimum absolute atomic E-state index is 0.243. The van der Waals surface area contributed by atoms with Gasteiger partial charge in [-0.15, -0.1) is 0 Å². The monoisotopic (exact) mass is 429 g/mol. The summed E-state index contributed by atoms with van der Waals surface area (Å²) >= 11 is 0. The van der Waals surface area contributed by atoms with Crippen LogP contribution < -0.4 is 16.8 Å². The molecule has 0 saturated carbocycles. The summed E-state index contributed by atoms with van der Waals surface area (Å²) in [5, 5.41) is 13.2. The number of hydrogen-bond donors (Lipinski definition) is 5. The van der Waals surface area contributed by atoms with E-state index in [0.29, 0.717) is 32.4 Å². The van der Waals surface area contributed by atoms with Gasteiger partial charge < -0.3 is 31.8 Å². The molecule has 0 unspecified atom stereocenters. The van der Waals surface area contributed by atoms with Crippen molar-refractivity contribution in [1.29, 1.82) is 0 Å². The Morgan fingerprint density at radius 3 is 2.77 bits per heavy atom. The predicted octanol–water partition coefficient (Wildman–Crippen LogP) is 0.727. The molecule has 9 heteroatoms. The average molecular weight is 430 g/mol. The highest BCUT2D eigenvalue weighted by Crippen LogP contribution is 2.23. The Morgan fingerprint density at radius 2 is 2.03 bits per heavy atom. The number of nitrogens with two attached hydrogens (primary N) is 2. The highest BCUT2D eigenvalue weighted by molar-refractivity contribution is 5.93. The second kappa shape index (κ2) is 10.4. The molecule has 168 valence electrons. The van der Waals surface area contributed by atoms with Crippen LogP contribution in [0.4, 0.5) is 0 Å². The zero-order valence-corrected chi connectivity index (χ0v) is 17.5. The Balaban J connectivity index is 1.80. The first-order valence-corrected chi connectivity index (χ1v) is 10.8. The van der Waals surface area contributed by atoms with Gasteiger partial charge in [-0.25, -0.2) is 4.79 Å². The molecule has 2 heterocycles. The highest BCUT2D eigenvalue weighted by atomic mass is 16.4. The van der Waals surface area contributed by atoms with E-state index in [1.807, 2.05) is 30.5 Å². The maximum atomic E-state index is 13.3. The number of aromatic amines is 1. The first-order chi connectivity index (χ1) is 14.9. The SMILES string of the molecule is NCCCC[C@H](N)C(=O)N[C@@H](Cc1c[nH]c2ccccc12)C(=O)N1CCC[C@H]1C(=O)O. The number of rotatable bonds is 10. The van der Waals surface area contributed by atoms with E-state index >= 15 is 0 Å². The third-order valence-electron chi connectivity index (χ3n) is 5.84. The second-order valence-electron chi connectivity index (χ2n) is 8.04. The summed E-state index contributed by atoms with van der Waals surface area (Å²) < 4.78 is 0. The lowest BCUT2D eigenvalue weighted by Crippen LogP contribution is -2.55. The van der Waals surface area contributed by atoms with Crippen molar-refractivity contribution in [1.82, 2.24) is 15.2 Å². The Bertz CT molecular complexity index is 928. The first-order valence-electron chi connectivity index (χ1n) is 10.8. The lowest BCUT2D eigenvalue weighted by molar-refractivity contribution is -0.149. The number of carboxylic acid groups (broad SMARTS) is 1. The maximum absolute atomic E-state index is 13.3. The van der Waals surface area contributed by atoms with E-state index in [-0.39, 0.29) is 6.42 Å². The Kier molecular flexibility index (Phi) is 7.64. The van der Waals surface area contributed by atoms with Crippen LogP contribution in [0.3, 0.4) is 0 Å². The van der Waals surface area contributed by atoms with Crippen molar-refractivity contribution in [3.05, 3.63) is 36.0 Å². The fourth-order valence-corrected chi connectivity index (χ4v) is 4.13. The molecule has 3 rings (SSSR count). The van der Waals surface area contributed by atoms with Crippen LogP contribution in [0.5, 0.6) is 0 Å². The Labute approximate surface area is 181 Å². The van der Waals surface area contributed by atoms with Crippen molar-refractivity contribution < 1.29 is 19.5 Å². The second-order valence-corrected chi connectivity index (χ2v) is 8.04. The molecular weight excluding hydrogens is 398 g/mol. The van der Waals surface area contributed by atoms with E-state index in [1.165, 1.54) is 4.90 Å². The number of carbonyl (C=O) groups excluding carboxylic acids is 2. The molecule has 1 aliphatic rings. The van der Waals surface area contributed by atoms with Gasteiger partial charge in [-0.05, 0) is 43.9 Å². The molecule has 0 spiro atoms. The minimum Gasteiger partial charge on any atom is -0.480 e. The molecule has 1 aromatic carbocycles. The standard InChI is InChI=1S/C22H31N5O4/c23-10-4-3-7-16(24)20(28)26-18(21(29)27-11-5-9-19(27)22(30)31)12-14-13-25-17-8-2-1-6-15(14)17/h1-2,6,8,13,16,18-19,25H,3-5,7,9-12,23-24H2,(H,26,28)(H,30,31)/t16-,18-,19-/m0/s1. The number of fused-ring (bicyclic) bond motifs is 1. The van der Waals surface area contributed by atoms with Gasteiger partial charge in [0.25, 0.3) is 0 Å². The molecule has 31 heavy (non-hydrogen) atoms. The van der Waals surface area contributed by atoms with Gasteiger partial charge in [0.05, 0.1) is 6.04 Å². The van der Waals surface area contributed by atoms with Crippen LogP contribution in [-0.2, 0) is 20.8 Å². The van der Waals surface area contributed by atoms with Crippen LogP contribution in [-0.4, -0.2) is 64.0 Å². The quantitative estimate of drug-likeness (QED) is 0.351. The topological polar surface area (TPSA) is 155 Å². The molecule has 0 radical (unpaired) electrons. The maximum Gasteiger partial charge on any atom is 0.326 e. The number of hydrogen-bond acceptors (Lipinski definition) is 5. The van der Waals surface area contributed by atoms with Gasteiger partial charge in [0.15, 0.2) is 0 Å². The van der Waals surface area contributed by atoms with E-state index in [1.54, 1.807) is 0 Å². The van der Waals surface area contributed by atoms with Crippen LogP contribution >= 0.6 is 0 Å². The Morgan fingerprint density at radius 1 is 1.26 bits per heavy atom. The molecule has 2 aromatic rings. The fourth-order valence-electron chi connectivity index (χ4n) is 4.13. The summed E-state index contributed by atoms with van der Waals surface area (Å²) in [6.07, 6.45) is 5.05. The fraction of sp³-hybridized carbons (Fsp3) is 0.500. The molecule has 1 aliphatic heterocycles. The zero-order valence-electron chi connectivity index (χ0n) is 17.5. The van der Waals surface area contributed by atoms with Crippen molar-refractivity contribution in [2.45, 2.75) is 56.7 Å². The van der Waals surface area contributed by atoms with Gasteiger partial charge in [-0.1, -0.05) is 24.6 Å². The average Bonchev–Trinajstić information content (AvgIpc) is 3.40. The summed E-state index contributed by atoms with van der Waals surface area (Å²) in [6, 6.07) is 5.18. The molecule has 7 N–H and O–H groups in total. The molecule has 3 atom stereocenters. The number of H-pyrrole nitrogens is 1. The predicted molar refractivity (Wildman–Crippen MR) is 117 cm³/mol. The summed E-state index contributed by atoms with van der Waals surface area (Å²) in [5.74, 6) is -1.83. The summed E-state index contributed by atoms with van der Waals surface area (Å²) in [6.45, 7) is 0.889. The number of nitrogens with zero attached hydrogens (tertiary/aromatic N) is 1. The van der Waals surface area contributed by atoms with E-state index in [9.17, 15) is 19.5 Å². The number of para-hydroxylation sites is 1. The van der Waals surface area contributed by atoms with Crippen LogP contribution in [0.2, 0.25) is 0 Å². The third kappa shape index (κ3) is 5.42. The van der Waals surface area contributed by atoms with Crippen molar-refractivity contribution in [3.8, 4) is 0 Å². The van der Waals surface area contributed by atoms with Crippen LogP contribution in [0.1, 0.15) is 37.7 Å².